The molecule has 0 saturated carbocycles. The van der Waals surface area contributed by atoms with Crippen LogP contribution in [0.4, 0.5) is 5.69 Å². The van der Waals surface area contributed by atoms with E-state index in [1.165, 1.54) is 5.56 Å². The molecule has 0 aliphatic rings. The molecule has 1 atom stereocenters. The van der Waals surface area contributed by atoms with Crippen LogP contribution >= 0.6 is 11.6 Å². The van der Waals surface area contributed by atoms with E-state index in [0.29, 0.717) is 5.02 Å². The normalized spacial score (nSPS) is 13.0. The van der Waals surface area contributed by atoms with E-state index in [9.17, 15) is 4.21 Å². The van der Waals surface area contributed by atoms with Gasteiger partial charge in [-0.05, 0) is 47.4 Å². The summed E-state index contributed by atoms with van der Waals surface area (Å²) in [6, 6.07) is 15.0. The highest BCUT2D eigenvalue weighted by Crippen LogP contribution is 2.23. The van der Waals surface area contributed by atoms with Crippen molar-refractivity contribution in [2.24, 2.45) is 0 Å². The molecule has 0 aliphatic heterocycles. The van der Waals surface area contributed by atoms with E-state index < -0.39 is 11.0 Å². The standard InChI is InChI=1S/C16H18ClNOS/c1-16(2,3)12-4-10-15(11-5-12)20(19)18-14-8-6-13(17)7-9-14/h4-11,18H,1-3H3. The Morgan fingerprint density at radius 2 is 1.50 bits per heavy atom. The van der Waals surface area contributed by atoms with Crippen LogP contribution in [0.1, 0.15) is 26.3 Å². The lowest BCUT2D eigenvalue weighted by Gasteiger charge is -2.19. The fraction of sp³-hybridized carbons (Fsp3) is 0.250. The van der Waals surface area contributed by atoms with Crippen molar-refractivity contribution in [3.05, 3.63) is 59.1 Å². The van der Waals surface area contributed by atoms with Gasteiger partial charge in [0.1, 0.15) is 11.0 Å². The Bertz CT molecular complexity index is 600. The third-order valence-electron chi connectivity index (χ3n) is 2.99. The van der Waals surface area contributed by atoms with Crippen molar-refractivity contribution in [2.75, 3.05) is 4.72 Å². The topological polar surface area (TPSA) is 29.1 Å². The second-order valence-corrected chi connectivity index (χ2v) is 7.30. The van der Waals surface area contributed by atoms with Crippen LogP contribution in [0.15, 0.2) is 53.4 Å². The Labute approximate surface area is 127 Å². The van der Waals surface area contributed by atoms with Gasteiger partial charge in [-0.15, -0.1) is 0 Å². The number of hydrogen-bond donors (Lipinski definition) is 1. The van der Waals surface area contributed by atoms with Gasteiger partial charge in [-0.3, -0.25) is 0 Å². The van der Waals surface area contributed by atoms with Gasteiger partial charge in [0.15, 0.2) is 0 Å². The van der Waals surface area contributed by atoms with Gasteiger partial charge in [0.05, 0.1) is 4.90 Å². The lowest BCUT2D eigenvalue weighted by atomic mass is 9.87. The molecule has 2 aromatic carbocycles. The predicted molar refractivity (Wildman–Crippen MR) is 86.6 cm³/mol. The fourth-order valence-corrected chi connectivity index (χ4v) is 2.74. The first-order valence-electron chi connectivity index (χ1n) is 6.41. The molecule has 20 heavy (non-hydrogen) atoms. The van der Waals surface area contributed by atoms with Crippen molar-refractivity contribution in [3.8, 4) is 0 Å². The monoisotopic (exact) mass is 307 g/mol. The number of anilines is 1. The second-order valence-electron chi connectivity index (χ2n) is 5.65. The Morgan fingerprint density at radius 1 is 0.950 bits per heavy atom. The minimum absolute atomic E-state index is 0.101. The van der Waals surface area contributed by atoms with Crippen molar-refractivity contribution in [1.29, 1.82) is 0 Å². The largest absolute Gasteiger partial charge is 0.301 e. The number of nitrogens with one attached hydrogen (secondary N) is 1. The average Bonchev–Trinajstić information content (AvgIpc) is 2.40. The van der Waals surface area contributed by atoms with E-state index in [0.717, 1.165) is 10.6 Å². The molecule has 0 aromatic heterocycles. The Kier molecular flexibility index (Phi) is 4.51. The van der Waals surface area contributed by atoms with Gasteiger partial charge in [0.2, 0.25) is 0 Å². The maximum atomic E-state index is 12.2. The summed E-state index contributed by atoms with van der Waals surface area (Å²) in [4.78, 5) is 0.757. The lowest BCUT2D eigenvalue weighted by Crippen LogP contribution is -2.11. The fourth-order valence-electron chi connectivity index (χ4n) is 1.76. The first-order valence-corrected chi connectivity index (χ1v) is 7.93. The molecule has 0 radical (unpaired) electrons. The van der Waals surface area contributed by atoms with Crippen LogP contribution in [0.5, 0.6) is 0 Å². The number of halogens is 1. The van der Waals surface area contributed by atoms with Crippen LogP contribution in [0.3, 0.4) is 0 Å². The summed E-state index contributed by atoms with van der Waals surface area (Å²) in [6.45, 7) is 6.47. The molecule has 2 rings (SSSR count). The summed E-state index contributed by atoms with van der Waals surface area (Å²) in [5, 5.41) is 0.663. The molecule has 2 nitrogen and oxygen atoms in total. The van der Waals surface area contributed by atoms with Gasteiger partial charge in [-0.1, -0.05) is 44.5 Å². The zero-order valence-corrected chi connectivity index (χ0v) is 13.4. The second kappa shape index (κ2) is 5.98. The zero-order chi connectivity index (χ0) is 14.8. The molecular weight excluding hydrogens is 290 g/mol. The third kappa shape index (κ3) is 3.84. The molecule has 0 spiro atoms. The van der Waals surface area contributed by atoms with Crippen molar-refractivity contribution in [3.63, 3.8) is 0 Å². The van der Waals surface area contributed by atoms with E-state index in [2.05, 4.69) is 25.5 Å². The summed E-state index contributed by atoms with van der Waals surface area (Å²) < 4.78 is 15.2. The molecule has 0 amide bonds. The zero-order valence-electron chi connectivity index (χ0n) is 11.8. The van der Waals surface area contributed by atoms with Gasteiger partial charge in [0, 0.05) is 10.7 Å². The van der Waals surface area contributed by atoms with E-state index in [4.69, 9.17) is 11.6 Å². The molecule has 0 saturated heterocycles. The molecule has 0 bridgehead atoms. The smallest absolute Gasteiger partial charge is 0.150 e. The predicted octanol–water partition coefficient (Wildman–Crippen LogP) is 4.77. The van der Waals surface area contributed by atoms with Crippen molar-refractivity contribution in [2.45, 2.75) is 31.1 Å². The maximum absolute atomic E-state index is 12.2. The Hall–Kier alpha value is -1.32. The highest BCUT2D eigenvalue weighted by Gasteiger charge is 2.13. The van der Waals surface area contributed by atoms with Crippen LogP contribution in [0, 0.1) is 0 Å². The number of hydrogen-bond acceptors (Lipinski definition) is 1. The summed E-state index contributed by atoms with van der Waals surface area (Å²) in [5.41, 5.74) is 2.11. The van der Waals surface area contributed by atoms with Gasteiger partial charge in [-0.2, -0.15) is 0 Å². The molecule has 1 unspecified atom stereocenters. The molecule has 0 heterocycles. The van der Waals surface area contributed by atoms with Gasteiger partial charge < -0.3 is 4.72 Å². The van der Waals surface area contributed by atoms with E-state index >= 15 is 0 Å². The molecule has 106 valence electrons. The molecular formula is C16H18ClNOS. The van der Waals surface area contributed by atoms with Crippen molar-refractivity contribution >= 4 is 28.3 Å². The van der Waals surface area contributed by atoms with Gasteiger partial charge >= 0.3 is 0 Å². The minimum atomic E-state index is -1.27. The van der Waals surface area contributed by atoms with E-state index in [-0.39, 0.29) is 5.41 Å². The third-order valence-corrected chi connectivity index (χ3v) is 4.36. The minimum Gasteiger partial charge on any atom is -0.301 e. The highest BCUT2D eigenvalue weighted by atomic mass is 35.5. The molecule has 0 aliphatic carbocycles. The Balaban J connectivity index is 2.11. The van der Waals surface area contributed by atoms with Crippen molar-refractivity contribution in [1.82, 2.24) is 0 Å². The maximum Gasteiger partial charge on any atom is 0.150 e. The molecule has 4 heteroatoms. The van der Waals surface area contributed by atoms with Crippen LogP contribution in [-0.2, 0) is 16.4 Å². The number of rotatable bonds is 3. The summed E-state index contributed by atoms with van der Waals surface area (Å²) in [5.74, 6) is 0. The van der Waals surface area contributed by atoms with Gasteiger partial charge in [0.25, 0.3) is 0 Å². The highest BCUT2D eigenvalue weighted by molar-refractivity contribution is 7.86. The van der Waals surface area contributed by atoms with Crippen LogP contribution < -0.4 is 4.72 Å². The molecule has 1 N–H and O–H groups in total. The summed E-state index contributed by atoms with van der Waals surface area (Å²) >= 11 is 5.82. The van der Waals surface area contributed by atoms with Crippen LogP contribution in [-0.4, -0.2) is 4.21 Å². The van der Waals surface area contributed by atoms with E-state index in [1.807, 2.05) is 36.4 Å². The summed E-state index contributed by atoms with van der Waals surface area (Å²) in [7, 11) is -1.27. The summed E-state index contributed by atoms with van der Waals surface area (Å²) in [6.07, 6.45) is 0. The Morgan fingerprint density at radius 3 is 2.00 bits per heavy atom. The average molecular weight is 308 g/mol. The SMILES string of the molecule is CC(C)(C)c1ccc(S(=O)Nc2ccc(Cl)cc2)cc1. The quantitative estimate of drug-likeness (QED) is 0.869. The molecule has 2 aromatic rings. The van der Waals surface area contributed by atoms with Gasteiger partial charge in [-0.25, -0.2) is 4.21 Å². The lowest BCUT2D eigenvalue weighted by molar-refractivity contribution is 0.589. The first kappa shape index (κ1) is 15.1. The van der Waals surface area contributed by atoms with Crippen molar-refractivity contribution < 1.29 is 4.21 Å². The van der Waals surface area contributed by atoms with Crippen LogP contribution in [0.2, 0.25) is 5.02 Å². The molecule has 0 fully saturated rings. The van der Waals surface area contributed by atoms with Crippen LogP contribution in [0.25, 0.3) is 0 Å². The first-order chi connectivity index (χ1) is 9.36. The number of benzene rings is 2. The van der Waals surface area contributed by atoms with E-state index in [1.54, 1.807) is 12.1 Å².